The van der Waals surface area contributed by atoms with Gasteiger partial charge in [0.25, 0.3) is 5.91 Å². The molecule has 5 rings (SSSR count). The molecular weight excluding hydrogens is 368 g/mol. The van der Waals surface area contributed by atoms with E-state index in [2.05, 4.69) is 25.8 Å². The van der Waals surface area contributed by atoms with E-state index in [4.69, 9.17) is 4.52 Å². The number of aromatic nitrogens is 4. The monoisotopic (exact) mass is 388 g/mol. The summed E-state index contributed by atoms with van der Waals surface area (Å²) in [6.45, 7) is 4.89. The van der Waals surface area contributed by atoms with Crippen LogP contribution in [0.3, 0.4) is 0 Å². The third-order valence-corrected chi connectivity index (χ3v) is 5.19. The molecule has 0 radical (unpaired) electrons. The zero-order chi connectivity index (χ0) is 20.0. The number of nitrogens with zero attached hydrogens (tertiary/aromatic N) is 4. The summed E-state index contributed by atoms with van der Waals surface area (Å²) in [4.78, 5) is 21.7. The Hall–Kier alpha value is -3.52. The number of benzene rings is 1. The van der Waals surface area contributed by atoms with Crippen molar-refractivity contribution in [1.82, 2.24) is 24.8 Å². The molecule has 4 heterocycles. The second kappa shape index (κ2) is 6.82. The Morgan fingerprint density at radius 1 is 1.28 bits per heavy atom. The van der Waals surface area contributed by atoms with Gasteiger partial charge in [-0.2, -0.15) is 4.98 Å². The normalized spacial score (nSPS) is 16.0. The molecule has 0 aliphatic carbocycles. The zero-order valence-electron chi connectivity index (χ0n) is 16.1. The average molecular weight is 388 g/mol. The Bertz CT molecular complexity index is 1220. The largest absolute Gasteiger partial charge is 0.337 e. The summed E-state index contributed by atoms with van der Waals surface area (Å²) in [5.41, 5.74) is 4.69. The van der Waals surface area contributed by atoms with Crippen LogP contribution in [0.1, 0.15) is 40.0 Å². The van der Waals surface area contributed by atoms with E-state index in [0.717, 1.165) is 35.3 Å². The first-order valence-corrected chi connectivity index (χ1v) is 9.51. The fourth-order valence-electron chi connectivity index (χ4n) is 3.33. The Morgan fingerprint density at radius 3 is 2.93 bits per heavy atom. The Morgan fingerprint density at radius 2 is 2.14 bits per heavy atom. The van der Waals surface area contributed by atoms with Crippen molar-refractivity contribution in [3.8, 4) is 11.4 Å². The van der Waals surface area contributed by atoms with E-state index < -0.39 is 0 Å². The van der Waals surface area contributed by atoms with Crippen molar-refractivity contribution >= 4 is 17.2 Å². The molecule has 1 aliphatic rings. The molecule has 2 N–H and O–H groups in total. The van der Waals surface area contributed by atoms with Crippen LogP contribution >= 0.6 is 0 Å². The quantitative estimate of drug-likeness (QED) is 0.557. The van der Waals surface area contributed by atoms with Crippen molar-refractivity contribution in [3.63, 3.8) is 0 Å². The molecule has 0 spiro atoms. The second-order valence-electron chi connectivity index (χ2n) is 7.31. The van der Waals surface area contributed by atoms with Crippen molar-refractivity contribution in [1.29, 1.82) is 0 Å². The fourth-order valence-corrected chi connectivity index (χ4v) is 3.33. The molecule has 8 heteroatoms. The maximum absolute atomic E-state index is 12.9. The Kier molecular flexibility index (Phi) is 4.13. The molecule has 1 aromatic carbocycles. The van der Waals surface area contributed by atoms with Crippen LogP contribution in [0.2, 0.25) is 0 Å². The van der Waals surface area contributed by atoms with Gasteiger partial charge in [-0.15, -0.1) is 0 Å². The van der Waals surface area contributed by atoms with Crippen LogP contribution < -0.4 is 10.6 Å². The molecule has 1 amide bonds. The highest BCUT2D eigenvalue weighted by Gasteiger charge is 2.25. The van der Waals surface area contributed by atoms with Gasteiger partial charge in [0.2, 0.25) is 11.7 Å². The minimum atomic E-state index is -0.226. The number of rotatable bonds is 4. The van der Waals surface area contributed by atoms with Crippen LogP contribution in [0.15, 0.2) is 47.2 Å². The highest BCUT2D eigenvalue weighted by atomic mass is 16.5. The third kappa shape index (κ3) is 3.17. The number of nitrogens with one attached hydrogen (secondary N) is 2. The summed E-state index contributed by atoms with van der Waals surface area (Å²) in [6.07, 6.45) is 4.48. The first-order chi connectivity index (χ1) is 14.1. The van der Waals surface area contributed by atoms with Gasteiger partial charge in [-0.1, -0.05) is 23.4 Å². The lowest BCUT2D eigenvalue weighted by atomic mass is 10.1. The fraction of sp³-hybridized carbons (Fsp3) is 0.238. The number of fused-ring (bicyclic) bond motifs is 1. The van der Waals surface area contributed by atoms with Crippen molar-refractivity contribution < 1.29 is 9.32 Å². The molecule has 3 aromatic heterocycles. The molecule has 146 valence electrons. The molecular formula is C21H20N6O2. The Balaban J connectivity index is 1.43. The lowest BCUT2D eigenvalue weighted by Gasteiger charge is -2.23. The van der Waals surface area contributed by atoms with Gasteiger partial charge in [0.15, 0.2) is 0 Å². The van der Waals surface area contributed by atoms with E-state index in [9.17, 15) is 4.79 Å². The number of carbonyl (C=O) groups is 1. The van der Waals surface area contributed by atoms with Crippen LogP contribution in [0, 0.1) is 13.8 Å². The summed E-state index contributed by atoms with van der Waals surface area (Å²) in [5, 5.41) is 10.3. The summed E-state index contributed by atoms with van der Waals surface area (Å²) < 4.78 is 7.16. The number of amides is 1. The SMILES string of the molecule is Cc1ccc2ncc(C(=O)Nc3cc(-c4noc(C5CCN5)n4)ccc3C)n2c1. The molecule has 1 aliphatic heterocycles. The van der Waals surface area contributed by atoms with Gasteiger partial charge in [-0.05, 0) is 50.1 Å². The van der Waals surface area contributed by atoms with Crippen LogP contribution in [0.25, 0.3) is 17.0 Å². The van der Waals surface area contributed by atoms with Gasteiger partial charge in [0.1, 0.15) is 11.3 Å². The van der Waals surface area contributed by atoms with Gasteiger partial charge in [-0.25, -0.2) is 4.98 Å². The molecule has 1 atom stereocenters. The minimum absolute atomic E-state index is 0.138. The lowest BCUT2D eigenvalue weighted by Crippen LogP contribution is -2.35. The van der Waals surface area contributed by atoms with E-state index in [-0.39, 0.29) is 11.9 Å². The van der Waals surface area contributed by atoms with E-state index in [1.165, 1.54) is 0 Å². The molecule has 8 nitrogen and oxygen atoms in total. The second-order valence-corrected chi connectivity index (χ2v) is 7.31. The maximum atomic E-state index is 12.9. The smallest absolute Gasteiger partial charge is 0.274 e. The highest BCUT2D eigenvalue weighted by molar-refractivity contribution is 6.04. The summed E-state index contributed by atoms with van der Waals surface area (Å²) in [7, 11) is 0. The number of imidazole rings is 1. The summed E-state index contributed by atoms with van der Waals surface area (Å²) in [6, 6.07) is 9.72. The first-order valence-electron chi connectivity index (χ1n) is 9.51. The molecule has 4 aromatic rings. The topological polar surface area (TPSA) is 97.4 Å². The van der Waals surface area contributed by atoms with Crippen LogP contribution in [-0.2, 0) is 0 Å². The molecule has 1 saturated heterocycles. The molecule has 29 heavy (non-hydrogen) atoms. The predicted molar refractivity (Wildman–Crippen MR) is 108 cm³/mol. The number of carbonyl (C=O) groups excluding carboxylic acids is 1. The Labute approximate surface area is 167 Å². The van der Waals surface area contributed by atoms with Crippen molar-refractivity contribution in [2.24, 2.45) is 0 Å². The maximum Gasteiger partial charge on any atom is 0.274 e. The number of aryl methyl sites for hydroxylation is 2. The van der Waals surface area contributed by atoms with Crippen LogP contribution in [0.4, 0.5) is 5.69 Å². The van der Waals surface area contributed by atoms with Gasteiger partial charge < -0.3 is 15.2 Å². The standard InChI is InChI=1S/C21H20N6O2/c1-12-3-6-18-23-10-17(27(18)11-12)20(28)24-16-9-14(5-4-13(16)2)19-25-21(29-26-19)15-7-8-22-15/h3-6,9-11,15,22H,7-8H2,1-2H3,(H,24,28). The first kappa shape index (κ1) is 17.6. The van der Waals surface area contributed by atoms with E-state index in [0.29, 0.717) is 23.1 Å². The van der Waals surface area contributed by atoms with Crippen molar-refractivity contribution in [3.05, 3.63) is 65.4 Å². The van der Waals surface area contributed by atoms with E-state index in [1.807, 2.05) is 50.4 Å². The number of hydrogen-bond donors (Lipinski definition) is 2. The zero-order valence-corrected chi connectivity index (χ0v) is 16.1. The molecule has 0 saturated carbocycles. The van der Waals surface area contributed by atoms with Gasteiger partial charge in [0.05, 0.1) is 12.2 Å². The van der Waals surface area contributed by atoms with Crippen molar-refractivity contribution in [2.45, 2.75) is 26.3 Å². The number of anilines is 1. The minimum Gasteiger partial charge on any atom is -0.337 e. The van der Waals surface area contributed by atoms with E-state index >= 15 is 0 Å². The molecule has 1 unspecified atom stereocenters. The number of pyridine rings is 1. The van der Waals surface area contributed by atoms with Crippen LogP contribution in [-0.4, -0.2) is 32.0 Å². The molecule has 0 bridgehead atoms. The average Bonchev–Trinajstić information content (AvgIpc) is 3.29. The lowest BCUT2D eigenvalue weighted by molar-refractivity contribution is 0.102. The van der Waals surface area contributed by atoms with Crippen molar-refractivity contribution in [2.75, 3.05) is 11.9 Å². The summed E-state index contributed by atoms with van der Waals surface area (Å²) in [5.74, 6) is 0.879. The van der Waals surface area contributed by atoms with Gasteiger partial charge >= 0.3 is 0 Å². The molecule has 1 fully saturated rings. The van der Waals surface area contributed by atoms with E-state index in [1.54, 1.807) is 10.6 Å². The van der Waals surface area contributed by atoms with Gasteiger partial charge in [-0.3, -0.25) is 9.20 Å². The predicted octanol–water partition coefficient (Wildman–Crippen LogP) is 3.29. The summed E-state index contributed by atoms with van der Waals surface area (Å²) >= 11 is 0. The highest BCUT2D eigenvalue weighted by Crippen LogP contribution is 2.27. The van der Waals surface area contributed by atoms with Crippen LogP contribution in [0.5, 0.6) is 0 Å². The van der Waals surface area contributed by atoms with Gasteiger partial charge in [0, 0.05) is 17.4 Å². The number of hydrogen-bond acceptors (Lipinski definition) is 6. The third-order valence-electron chi connectivity index (χ3n) is 5.19.